The maximum atomic E-state index is 9.51. The van der Waals surface area contributed by atoms with E-state index in [1.807, 2.05) is 0 Å². The Morgan fingerprint density at radius 1 is 0.882 bits per heavy atom. The van der Waals surface area contributed by atoms with Gasteiger partial charge < -0.3 is 15.4 Å². The van der Waals surface area contributed by atoms with Crippen LogP contribution in [-0.4, -0.2) is 21.6 Å². The molecule has 0 aliphatic carbocycles. The highest BCUT2D eigenvalue weighted by Crippen LogP contribution is 2.26. The SMILES string of the molecule is O/N=C\c1cc(-c2ccc(O)cc2)ccc1O. The highest BCUT2D eigenvalue weighted by atomic mass is 16.4. The first-order valence-electron chi connectivity index (χ1n) is 5.00. The predicted octanol–water partition coefficient (Wildman–Crippen LogP) is 2.57. The molecule has 3 N–H and O–H groups in total. The molecule has 0 amide bonds. The Hall–Kier alpha value is -2.49. The van der Waals surface area contributed by atoms with Crippen LogP contribution in [0.2, 0.25) is 0 Å². The smallest absolute Gasteiger partial charge is 0.124 e. The number of phenols is 2. The van der Waals surface area contributed by atoms with Crippen molar-refractivity contribution >= 4 is 6.21 Å². The van der Waals surface area contributed by atoms with Crippen LogP contribution in [-0.2, 0) is 0 Å². The van der Waals surface area contributed by atoms with Crippen molar-refractivity contribution in [1.82, 2.24) is 0 Å². The molecule has 0 heterocycles. The molecule has 0 spiro atoms. The molecule has 2 aromatic carbocycles. The molecule has 0 fully saturated rings. The number of benzene rings is 2. The minimum absolute atomic E-state index is 0.0466. The fraction of sp³-hybridized carbons (Fsp3) is 0. The molecule has 0 atom stereocenters. The average molecular weight is 229 g/mol. The van der Waals surface area contributed by atoms with Gasteiger partial charge >= 0.3 is 0 Å². The Kier molecular flexibility index (Phi) is 2.96. The second-order valence-corrected chi connectivity index (χ2v) is 3.57. The summed E-state index contributed by atoms with van der Waals surface area (Å²) in [6.07, 6.45) is 1.17. The topological polar surface area (TPSA) is 73.1 Å². The van der Waals surface area contributed by atoms with Crippen molar-refractivity contribution < 1.29 is 15.4 Å². The second-order valence-electron chi connectivity index (χ2n) is 3.57. The fourth-order valence-electron chi connectivity index (χ4n) is 1.55. The molecular weight excluding hydrogens is 218 g/mol. The lowest BCUT2D eigenvalue weighted by Gasteiger charge is -2.04. The lowest BCUT2D eigenvalue weighted by Crippen LogP contribution is -1.85. The summed E-state index contributed by atoms with van der Waals surface area (Å²) >= 11 is 0. The van der Waals surface area contributed by atoms with Crippen molar-refractivity contribution in [2.24, 2.45) is 5.16 Å². The summed E-state index contributed by atoms with van der Waals surface area (Å²) in [6.45, 7) is 0. The average Bonchev–Trinajstić information content (AvgIpc) is 2.33. The molecule has 4 heteroatoms. The van der Waals surface area contributed by atoms with Crippen molar-refractivity contribution in [1.29, 1.82) is 0 Å². The first-order valence-corrected chi connectivity index (χ1v) is 5.00. The standard InChI is InChI=1S/C13H11NO3/c15-12-4-1-9(2-5-12)10-3-6-13(16)11(7-10)8-14-17/h1-8,15-17H/b14-8-. The first-order chi connectivity index (χ1) is 8.20. The van der Waals surface area contributed by atoms with Gasteiger partial charge in [0.2, 0.25) is 0 Å². The van der Waals surface area contributed by atoms with Gasteiger partial charge in [-0.2, -0.15) is 0 Å². The minimum Gasteiger partial charge on any atom is -0.508 e. The van der Waals surface area contributed by atoms with Crippen LogP contribution in [0.3, 0.4) is 0 Å². The molecule has 0 aromatic heterocycles. The van der Waals surface area contributed by atoms with E-state index in [2.05, 4.69) is 5.16 Å². The summed E-state index contributed by atoms with van der Waals surface area (Å²) in [7, 11) is 0. The number of hydrogen-bond donors (Lipinski definition) is 3. The minimum atomic E-state index is 0.0466. The van der Waals surface area contributed by atoms with Crippen molar-refractivity contribution in [2.45, 2.75) is 0 Å². The Morgan fingerprint density at radius 2 is 1.53 bits per heavy atom. The molecule has 0 bridgehead atoms. The number of rotatable bonds is 2. The molecule has 0 saturated heterocycles. The molecule has 86 valence electrons. The van der Waals surface area contributed by atoms with Crippen LogP contribution in [0.25, 0.3) is 11.1 Å². The van der Waals surface area contributed by atoms with Gasteiger partial charge in [-0.1, -0.05) is 23.4 Å². The lowest BCUT2D eigenvalue weighted by atomic mass is 10.0. The third-order valence-corrected chi connectivity index (χ3v) is 2.42. The van der Waals surface area contributed by atoms with Crippen molar-refractivity contribution in [3.8, 4) is 22.6 Å². The van der Waals surface area contributed by atoms with Gasteiger partial charge in [0.1, 0.15) is 11.5 Å². The maximum Gasteiger partial charge on any atom is 0.124 e. The first kappa shape index (κ1) is 11.0. The van der Waals surface area contributed by atoms with Gasteiger partial charge in [0.25, 0.3) is 0 Å². The second kappa shape index (κ2) is 4.57. The zero-order chi connectivity index (χ0) is 12.3. The summed E-state index contributed by atoms with van der Waals surface area (Å²) in [5.41, 5.74) is 2.19. The zero-order valence-electron chi connectivity index (χ0n) is 8.91. The zero-order valence-corrected chi connectivity index (χ0v) is 8.91. The molecule has 0 saturated carbocycles. The Balaban J connectivity index is 2.46. The van der Waals surface area contributed by atoms with Gasteiger partial charge in [-0.25, -0.2) is 0 Å². The predicted molar refractivity (Wildman–Crippen MR) is 64.6 cm³/mol. The lowest BCUT2D eigenvalue weighted by molar-refractivity contribution is 0.321. The maximum absolute atomic E-state index is 9.51. The van der Waals surface area contributed by atoms with Crippen molar-refractivity contribution in [3.05, 3.63) is 48.0 Å². The van der Waals surface area contributed by atoms with Crippen LogP contribution in [0.1, 0.15) is 5.56 Å². The normalized spacial score (nSPS) is 10.8. The van der Waals surface area contributed by atoms with Crippen LogP contribution >= 0.6 is 0 Å². The van der Waals surface area contributed by atoms with E-state index in [0.717, 1.165) is 11.1 Å². The third-order valence-electron chi connectivity index (χ3n) is 2.42. The van der Waals surface area contributed by atoms with Crippen molar-refractivity contribution in [2.75, 3.05) is 0 Å². The van der Waals surface area contributed by atoms with Gasteiger partial charge in [0.05, 0.1) is 6.21 Å². The molecular formula is C13H11NO3. The van der Waals surface area contributed by atoms with E-state index in [-0.39, 0.29) is 11.5 Å². The van der Waals surface area contributed by atoms with Crippen LogP contribution < -0.4 is 0 Å². The Morgan fingerprint density at radius 3 is 2.18 bits per heavy atom. The monoisotopic (exact) mass is 229 g/mol. The fourth-order valence-corrected chi connectivity index (χ4v) is 1.55. The number of phenolic OH excluding ortho intramolecular Hbond substituents is 2. The van der Waals surface area contributed by atoms with Gasteiger partial charge in [0, 0.05) is 5.56 Å². The number of oxime groups is 1. The van der Waals surface area contributed by atoms with Gasteiger partial charge in [-0.05, 0) is 35.4 Å². The Labute approximate surface area is 98.1 Å². The Bertz CT molecular complexity index is 547. The van der Waals surface area contributed by atoms with E-state index < -0.39 is 0 Å². The summed E-state index contributed by atoms with van der Waals surface area (Å²) in [6, 6.07) is 11.7. The summed E-state index contributed by atoms with van der Waals surface area (Å²) in [5.74, 6) is 0.245. The highest BCUT2D eigenvalue weighted by Gasteiger charge is 2.03. The van der Waals surface area contributed by atoms with Crippen LogP contribution in [0.4, 0.5) is 0 Å². The number of nitrogens with zero attached hydrogens (tertiary/aromatic N) is 1. The summed E-state index contributed by atoms with van der Waals surface area (Å²) in [4.78, 5) is 0. The van der Waals surface area contributed by atoms with E-state index >= 15 is 0 Å². The third kappa shape index (κ3) is 2.36. The van der Waals surface area contributed by atoms with E-state index in [4.69, 9.17) is 5.21 Å². The van der Waals surface area contributed by atoms with Crippen LogP contribution in [0, 0.1) is 0 Å². The van der Waals surface area contributed by atoms with Gasteiger partial charge in [-0.3, -0.25) is 0 Å². The molecule has 0 radical (unpaired) electrons. The quantitative estimate of drug-likeness (QED) is 0.421. The molecule has 0 unspecified atom stereocenters. The van der Waals surface area contributed by atoms with Gasteiger partial charge in [-0.15, -0.1) is 0 Å². The number of aromatic hydroxyl groups is 2. The van der Waals surface area contributed by atoms with E-state index in [9.17, 15) is 10.2 Å². The van der Waals surface area contributed by atoms with E-state index in [0.29, 0.717) is 5.56 Å². The molecule has 0 aliphatic heterocycles. The molecule has 0 aliphatic rings. The highest BCUT2D eigenvalue weighted by molar-refractivity contribution is 5.85. The summed E-state index contributed by atoms with van der Waals surface area (Å²) in [5, 5.41) is 30.1. The summed E-state index contributed by atoms with van der Waals surface area (Å²) < 4.78 is 0. The van der Waals surface area contributed by atoms with Crippen molar-refractivity contribution in [3.63, 3.8) is 0 Å². The van der Waals surface area contributed by atoms with Crippen LogP contribution in [0.15, 0.2) is 47.6 Å². The van der Waals surface area contributed by atoms with E-state index in [1.165, 1.54) is 12.3 Å². The molecule has 4 nitrogen and oxygen atoms in total. The molecule has 2 aromatic rings. The largest absolute Gasteiger partial charge is 0.508 e. The van der Waals surface area contributed by atoms with E-state index in [1.54, 1.807) is 36.4 Å². The number of hydrogen-bond acceptors (Lipinski definition) is 4. The molecule has 17 heavy (non-hydrogen) atoms. The molecule has 2 rings (SSSR count). The van der Waals surface area contributed by atoms with Gasteiger partial charge in [0.15, 0.2) is 0 Å². The van der Waals surface area contributed by atoms with Crippen LogP contribution in [0.5, 0.6) is 11.5 Å².